The van der Waals surface area contributed by atoms with Gasteiger partial charge in [0.15, 0.2) is 0 Å². The molecular weight excluding hydrogens is 418 g/mol. The summed E-state index contributed by atoms with van der Waals surface area (Å²) < 4.78 is 11.2. The second-order valence-electron chi connectivity index (χ2n) is 8.01. The highest BCUT2D eigenvalue weighted by molar-refractivity contribution is 6.13. The Morgan fingerprint density at radius 1 is 1.06 bits per heavy atom. The van der Waals surface area contributed by atoms with Gasteiger partial charge < -0.3 is 24.5 Å². The number of aryl methyl sites for hydroxylation is 3. The van der Waals surface area contributed by atoms with Crippen LogP contribution in [0.5, 0.6) is 5.75 Å². The lowest BCUT2D eigenvalue weighted by atomic mass is 10.0. The average molecular weight is 439 g/mol. The van der Waals surface area contributed by atoms with Crippen LogP contribution < -0.4 is 10.1 Å². The van der Waals surface area contributed by atoms with Gasteiger partial charge in [0.1, 0.15) is 28.8 Å². The molecule has 0 atom stereocenters. The molecule has 0 saturated carbocycles. The second-order valence-corrected chi connectivity index (χ2v) is 8.01. The van der Waals surface area contributed by atoms with Crippen LogP contribution in [0.25, 0.3) is 44.0 Å². The van der Waals surface area contributed by atoms with E-state index in [1.165, 1.54) is 0 Å². The fraction of sp³-hybridized carbons (Fsp3) is 0.167. The van der Waals surface area contributed by atoms with Crippen LogP contribution in [-0.2, 0) is 0 Å². The number of aromatic nitrogens is 6. The normalized spacial score (nSPS) is 11.6. The van der Waals surface area contributed by atoms with Crippen LogP contribution in [0.4, 0.5) is 11.5 Å². The number of nitrogens with one attached hydrogen (secondary N) is 3. The summed E-state index contributed by atoms with van der Waals surface area (Å²) in [4.78, 5) is 20.2. The van der Waals surface area contributed by atoms with Gasteiger partial charge in [-0.2, -0.15) is 0 Å². The maximum atomic E-state index is 5.78. The van der Waals surface area contributed by atoms with Crippen LogP contribution in [0.3, 0.4) is 0 Å². The number of ether oxygens (including phenoxy) is 1. The summed E-state index contributed by atoms with van der Waals surface area (Å²) in [7, 11) is 1.66. The van der Waals surface area contributed by atoms with Gasteiger partial charge in [0.2, 0.25) is 0 Å². The van der Waals surface area contributed by atoms with Crippen molar-refractivity contribution < 1.29 is 9.26 Å². The Kier molecular flexibility index (Phi) is 4.13. The molecule has 9 heteroatoms. The first kappa shape index (κ1) is 19.3. The van der Waals surface area contributed by atoms with Crippen LogP contribution in [0.2, 0.25) is 0 Å². The molecule has 6 rings (SSSR count). The van der Waals surface area contributed by atoms with Crippen molar-refractivity contribution in [1.82, 2.24) is 30.1 Å². The first-order chi connectivity index (χ1) is 16.0. The van der Waals surface area contributed by atoms with Gasteiger partial charge in [-0.25, -0.2) is 9.97 Å². The van der Waals surface area contributed by atoms with Gasteiger partial charge in [0, 0.05) is 34.2 Å². The Morgan fingerprint density at radius 3 is 2.73 bits per heavy atom. The Morgan fingerprint density at radius 2 is 1.94 bits per heavy atom. The molecule has 9 nitrogen and oxygen atoms in total. The summed E-state index contributed by atoms with van der Waals surface area (Å²) >= 11 is 0. The zero-order valence-corrected chi connectivity index (χ0v) is 18.6. The van der Waals surface area contributed by atoms with Gasteiger partial charge in [-0.3, -0.25) is 4.98 Å². The molecule has 0 aliphatic heterocycles. The molecule has 1 aromatic carbocycles. The van der Waals surface area contributed by atoms with Crippen molar-refractivity contribution in [3.8, 4) is 16.9 Å². The van der Waals surface area contributed by atoms with Gasteiger partial charge >= 0.3 is 0 Å². The first-order valence-corrected chi connectivity index (χ1v) is 10.5. The molecule has 0 amide bonds. The lowest BCUT2D eigenvalue weighted by Gasteiger charge is -2.10. The molecule has 0 aliphatic carbocycles. The van der Waals surface area contributed by atoms with Crippen molar-refractivity contribution in [3.63, 3.8) is 0 Å². The third kappa shape index (κ3) is 2.93. The Labute approximate surface area is 188 Å². The topological polar surface area (TPSA) is 118 Å². The Bertz CT molecular complexity index is 1660. The van der Waals surface area contributed by atoms with Crippen molar-refractivity contribution in [1.29, 1.82) is 0 Å². The highest BCUT2D eigenvalue weighted by Gasteiger charge is 2.21. The molecule has 3 N–H and O–H groups in total. The second kappa shape index (κ2) is 7.06. The predicted molar refractivity (Wildman–Crippen MR) is 127 cm³/mol. The molecule has 164 valence electrons. The van der Waals surface area contributed by atoms with Crippen LogP contribution in [0.1, 0.15) is 17.3 Å². The van der Waals surface area contributed by atoms with E-state index in [9.17, 15) is 0 Å². The molecule has 5 aromatic heterocycles. The van der Waals surface area contributed by atoms with E-state index in [2.05, 4.69) is 36.5 Å². The van der Waals surface area contributed by atoms with Crippen molar-refractivity contribution in [2.24, 2.45) is 0 Å². The monoisotopic (exact) mass is 439 g/mol. The van der Waals surface area contributed by atoms with Crippen molar-refractivity contribution in [2.75, 3.05) is 12.4 Å². The molecule has 0 fully saturated rings. The first-order valence-electron chi connectivity index (χ1n) is 10.5. The minimum Gasteiger partial charge on any atom is -0.496 e. The van der Waals surface area contributed by atoms with Gasteiger partial charge in [-0.15, -0.1) is 0 Å². The lowest BCUT2D eigenvalue weighted by molar-refractivity contribution is 0.393. The number of hydrogen-bond donors (Lipinski definition) is 3. The summed E-state index contributed by atoms with van der Waals surface area (Å²) in [5, 5.41) is 10.5. The molecule has 0 aliphatic rings. The molecular formula is C24H21N7O2. The summed E-state index contributed by atoms with van der Waals surface area (Å²) in [5.74, 6) is 2.85. The molecule has 0 radical (unpaired) electrons. The molecule has 0 saturated heterocycles. The standard InChI is InChI=1S/C24H21N7O2/c1-11-21(12(2)33-31-11)16-7-17-15(8-20(16)32-4)22-23(29-17)27-13(3)28-24(22)30-19-10-26-18-9-25-6-5-14(18)19/h5-10,26H,1-4H3,(H2,27,28,29,30). The third-order valence-electron chi connectivity index (χ3n) is 5.92. The SMILES string of the molecule is COc1cc2c(cc1-c1c(C)noc1C)[nH]c1nc(C)nc(Nc3c[nH]c4cnccc34)c12. The number of hydrogen-bond acceptors (Lipinski definition) is 7. The number of aromatic amines is 2. The molecule has 0 spiro atoms. The number of methoxy groups -OCH3 is 1. The highest BCUT2D eigenvalue weighted by atomic mass is 16.5. The van der Waals surface area contributed by atoms with Gasteiger partial charge in [0.05, 0.1) is 41.2 Å². The maximum Gasteiger partial charge on any atom is 0.144 e. The van der Waals surface area contributed by atoms with Crippen LogP contribution in [0.15, 0.2) is 41.3 Å². The summed E-state index contributed by atoms with van der Waals surface area (Å²) in [5.41, 5.74) is 6.20. The number of anilines is 2. The molecule has 6 aromatic rings. The summed E-state index contributed by atoms with van der Waals surface area (Å²) in [6.07, 6.45) is 5.49. The van der Waals surface area contributed by atoms with Gasteiger partial charge in [-0.05, 0) is 39.0 Å². The number of rotatable bonds is 4. The van der Waals surface area contributed by atoms with Crippen LogP contribution >= 0.6 is 0 Å². The van der Waals surface area contributed by atoms with Crippen molar-refractivity contribution >= 4 is 44.3 Å². The molecule has 5 heterocycles. The zero-order valence-electron chi connectivity index (χ0n) is 18.6. The van der Waals surface area contributed by atoms with E-state index in [1.807, 2.05) is 39.1 Å². The van der Waals surface area contributed by atoms with Gasteiger partial charge in [0.25, 0.3) is 0 Å². The molecule has 33 heavy (non-hydrogen) atoms. The minimum absolute atomic E-state index is 0.663. The van der Waals surface area contributed by atoms with Crippen molar-refractivity contribution in [2.45, 2.75) is 20.8 Å². The van der Waals surface area contributed by atoms with Crippen LogP contribution in [0, 0.1) is 20.8 Å². The van der Waals surface area contributed by atoms with Crippen LogP contribution in [-0.4, -0.2) is 37.2 Å². The van der Waals surface area contributed by atoms with E-state index in [4.69, 9.17) is 14.2 Å². The van der Waals surface area contributed by atoms with E-state index < -0.39 is 0 Å². The Balaban J connectivity index is 1.59. The molecule has 0 bridgehead atoms. The molecule has 0 unspecified atom stereocenters. The largest absolute Gasteiger partial charge is 0.496 e. The fourth-order valence-corrected chi connectivity index (χ4v) is 4.46. The summed E-state index contributed by atoms with van der Waals surface area (Å²) in [6.45, 7) is 5.71. The number of benzene rings is 1. The minimum atomic E-state index is 0.663. The lowest BCUT2D eigenvalue weighted by Crippen LogP contribution is -1.98. The zero-order chi connectivity index (χ0) is 22.7. The van der Waals surface area contributed by atoms with Crippen molar-refractivity contribution in [3.05, 3.63) is 54.1 Å². The Hall–Kier alpha value is -4.40. The van der Waals surface area contributed by atoms with E-state index >= 15 is 0 Å². The quantitative estimate of drug-likeness (QED) is 0.340. The predicted octanol–water partition coefficient (Wildman–Crippen LogP) is 5.32. The smallest absolute Gasteiger partial charge is 0.144 e. The highest BCUT2D eigenvalue weighted by Crippen LogP contribution is 2.41. The average Bonchev–Trinajstić information content (AvgIpc) is 3.47. The number of fused-ring (bicyclic) bond motifs is 4. The van der Waals surface area contributed by atoms with E-state index in [-0.39, 0.29) is 0 Å². The van der Waals surface area contributed by atoms with Gasteiger partial charge in [-0.1, -0.05) is 5.16 Å². The third-order valence-corrected chi connectivity index (χ3v) is 5.92. The van der Waals surface area contributed by atoms with E-state index in [0.717, 1.165) is 66.9 Å². The number of H-pyrrole nitrogens is 2. The number of nitrogens with zero attached hydrogens (tertiary/aromatic N) is 4. The fourth-order valence-electron chi connectivity index (χ4n) is 4.46. The number of pyridine rings is 1. The van der Waals surface area contributed by atoms with E-state index in [1.54, 1.807) is 19.5 Å². The van der Waals surface area contributed by atoms with E-state index in [0.29, 0.717) is 11.6 Å². The summed E-state index contributed by atoms with van der Waals surface area (Å²) in [6, 6.07) is 6.03. The maximum absolute atomic E-state index is 5.78.